The van der Waals surface area contributed by atoms with Gasteiger partial charge >= 0.3 is 0 Å². The van der Waals surface area contributed by atoms with Gasteiger partial charge in [0.2, 0.25) is 10.0 Å². The van der Waals surface area contributed by atoms with Gasteiger partial charge < -0.3 is 10.1 Å². The molecule has 7 nitrogen and oxygen atoms in total. The molecule has 31 heavy (non-hydrogen) atoms. The van der Waals surface area contributed by atoms with E-state index in [2.05, 4.69) is 10.3 Å². The first kappa shape index (κ1) is 22.9. The summed E-state index contributed by atoms with van der Waals surface area (Å²) < 4.78 is 45.2. The van der Waals surface area contributed by atoms with E-state index in [0.29, 0.717) is 29.5 Å². The van der Waals surface area contributed by atoms with Crippen molar-refractivity contribution in [1.29, 1.82) is 0 Å². The minimum Gasteiger partial charge on any atom is -0.486 e. The molecule has 0 spiro atoms. The maximum Gasteiger partial charge on any atom is 0.275 e. The SMILES string of the molecule is CCN(CC)S(=O)(=O)c1cccc(NC(=O)c2csc(COc3ccc(F)cc3)n2)c1. The number of anilines is 1. The molecule has 0 saturated carbocycles. The number of nitrogens with one attached hydrogen (secondary N) is 1. The van der Waals surface area contributed by atoms with Crippen LogP contribution in [0.1, 0.15) is 29.3 Å². The third-order valence-corrected chi connectivity index (χ3v) is 7.26. The van der Waals surface area contributed by atoms with Crippen molar-refractivity contribution in [3.8, 4) is 5.75 Å². The normalized spacial score (nSPS) is 11.5. The Morgan fingerprint density at radius 1 is 1.16 bits per heavy atom. The smallest absolute Gasteiger partial charge is 0.275 e. The number of halogens is 1. The molecule has 164 valence electrons. The lowest BCUT2D eigenvalue weighted by Crippen LogP contribution is -2.30. The van der Waals surface area contributed by atoms with Gasteiger partial charge in [-0.05, 0) is 42.5 Å². The molecule has 0 radical (unpaired) electrons. The van der Waals surface area contributed by atoms with E-state index in [9.17, 15) is 17.6 Å². The summed E-state index contributed by atoms with van der Waals surface area (Å²) in [5, 5.41) is 4.85. The standard InChI is InChI=1S/C21H22FN3O4S2/c1-3-25(4-2)31(27,28)18-7-5-6-16(12-18)23-21(26)19-14-30-20(24-19)13-29-17-10-8-15(22)9-11-17/h5-12,14H,3-4,13H2,1-2H3,(H,23,26). The van der Waals surface area contributed by atoms with Crippen molar-refractivity contribution >= 4 is 33.0 Å². The molecular formula is C21H22FN3O4S2. The van der Waals surface area contributed by atoms with Crippen molar-refractivity contribution < 1.29 is 22.3 Å². The molecule has 0 saturated heterocycles. The monoisotopic (exact) mass is 463 g/mol. The molecular weight excluding hydrogens is 441 g/mol. The number of aromatic nitrogens is 1. The van der Waals surface area contributed by atoms with E-state index in [4.69, 9.17) is 4.74 Å². The van der Waals surface area contributed by atoms with Gasteiger partial charge in [0.05, 0.1) is 4.90 Å². The van der Waals surface area contributed by atoms with Crippen molar-refractivity contribution in [3.63, 3.8) is 0 Å². The first-order valence-corrected chi connectivity index (χ1v) is 11.9. The van der Waals surface area contributed by atoms with E-state index in [1.54, 1.807) is 31.4 Å². The lowest BCUT2D eigenvalue weighted by Gasteiger charge is -2.18. The lowest BCUT2D eigenvalue weighted by molar-refractivity contribution is 0.102. The number of benzene rings is 2. The molecule has 0 fully saturated rings. The Hall–Kier alpha value is -2.82. The van der Waals surface area contributed by atoms with Crippen LogP contribution in [0, 0.1) is 5.82 Å². The van der Waals surface area contributed by atoms with Gasteiger partial charge in [0.15, 0.2) is 0 Å². The molecule has 2 aromatic carbocycles. The molecule has 1 N–H and O–H groups in total. The summed E-state index contributed by atoms with van der Waals surface area (Å²) in [6.07, 6.45) is 0. The van der Waals surface area contributed by atoms with Gasteiger partial charge in [-0.2, -0.15) is 4.31 Å². The zero-order valence-electron chi connectivity index (χ0n) is 17.0. The molecule has 0 aliphatic carbocycles. The van der Waals surface area contributed by atoms with Crippen LogP contribution >= 0.6 is 11.3 Å². The Bertz CT molecular complexity index is 1140. The highest BCUT2D eigenvalue weighted by Crippen LogP contribution is 2.21. The van der Waals surface area contributed by atoms with Gasteiger partial charge in [-0.1, -0.05) is 19.9 Å². The number of rotatable bonds is 9. The summed E-state index contributed by atoms with van der Waals surface area (Å²) in [4.78, 5) is 16.9. The van der Waals surface area contributed by atoms with Gasteiger partial charge in [0.25, 0.3) is 5.91 Å². The second kappa shape index (κ2) is 9.99. The number of hydrogen-bond acceptors (Lipinski definition) is 6. The third kappa shape index (κ3) is 5.66. The van der Waals surface area contributed by atoms with Crippen LogP contribution in [0.2, 0.25) is 0 Å². The minimum absolute atomic E-state index is 0.112. The number of carbonyl (C=O) groups is 1. The van der Waals surface area contributed by atoms with Crippen molar-refractivity contribution in [2.75, 3.05) is 18.4 Å². The largest absolute Gasteiger partial charge is 0.486 e. The van der Waals surface area contributed by atoms with Gasteiger partial charge in [-0.25, -0.2) is 17.8 Å². The first-order chi connectivity index (χ1) is 14.8. The molecule has 3 aromatic rings. The van der Waals surface area contributed by atoms with Crippen LogP contribution in [-0.4, -0.2) is 36.7 Å². The first-order valence-electron chi connectivity index (χ1n) is 9.57. The van der Waals surface area contributed by atoms with Gasteiger partial charge in [0, 0.05) is 24.2 Å². The Morgan fingerprint density at radius 2 is 1.87 bits per heavy atom. The zero-order valence-corrected chi connectivity index (χ0v) is 18.7. The van der Waals surface area contributed by atoms with Crippen LogP contribution < -0.4 is 10.1 Å². The van der Waals surface area contributed by atoms with Crippen LogP contribution in [0.4, 0.5) is 10.1 Å². The van der Waals surface area contributed by atoms with Crippen molar-refractivity contribution in [3.05, 3.63) is 70.4 Å². The molecule has 1 heterocycles. The van der Waals surface area contributed by atoms with Gasteiger partial charge in [0.1, 0.15) is 28.9 Å². The molecule has 0 aliphatic heterocycles. The summed E-state index contributed by atoms with van der Waals surface area (Å²) in [7, 11) is -3.63. The number of hydrogen-bond donors (Lipinski definition) is 1. The molecule has 1 amide bonds. The average Bonchev–Trinajstić information content (AvgIpc) is 3.23. The van der Waals surface area contributed by atoms with Gasteiger partial charge in [-0.15, -0.1) is 11.3 Å². The molecule has 10 heteroatoms. The van der Waals surface area contributed by atoms with Crippen LogP contribution in [-0.2, 0) is 16.6 Å². The van der Waals surface area contributed by atoms with Crippen molar-refractivity contribution in [1.82, 2.24) is 9.29 Å². The summed E-state index contributed by atoms with van der Waals surface area (Å²) in [5.74, 6) is -0.315. The van der Waals surface area contributed by atoms with Crippen molar-refractivity contribution in [2.24, 2.45) is 0 Å². The predicted molar refractivity (Wildman–Crippen MR) is 117 cm³/mol. The van der Waals surface area contributed by atoms with Crippen molar-refractivity contribution in [2.45, 2.75) is 25.3 Å². The minimum atomic E-state index is -3.63. The molecule has 1 aromatic heterocycles. The summed E-state index contributed by atoms with van der Waals surface area (Å²) >= 11 is 1.25. The number of sulfonamides is 1. The number of thiazole rings is 1. The Labute approximate surface area is 184 Å². The highest BCUT2D eigenvalue weighted by Gasteiger charge is 2.22. The fourth-order valence-corrected chi connectivity index (χ4v) is 4.99. The summed E-state index contributed by atoms with van der Waals surface area (Å²) in [6.45, 7) is 4.40. The van der Waals surface area contributed by atoms with Crippen LogP contribution in [0.5, 0.6) is 5.75 Å². The maximum absolute atomic E-state index is 12.9. The van der Waals surface area contributed by atoms with E-state index >= 15 is 0 Å². The molecule has 0 bridgehead atoms. The maximum atomic E-state index is 12.9. The Morgan fingerprint density at radius 3 is 2.55 bits per heavy atom. The fourth-order valence-electron chi connectivity index (χ4n) is 2.80. The van der Waals surface area contributed by atoms with Crippen LogP contribution in [0.3, 0.4) is 0 Å². The Balaban J connectivity index is 1.66. The number of nitrogens with zero attached hydrogens (tertiary/aromatic N) is 2. The molecule has 0 aliphatic rings. The van der Waals surface area contributed by atoms with E-state index in [1.165, 1.54) is 52.0 Å². The van der Waals surface area contributed by atoms with Gasteiger partial charge in [-0.3, -0.25) is 4.79 Å². The number of carbonyl (C=O) groups excluding carboxylic acids is 1. The lowest BCUT2D eigenvalue weighted by atomic mass is 10.3. The highest BCUT2D eigenvalue weighted by molar-refractivity contribution is 7.89. The highest BCUT2D eigenvalue weighted by atomic mass is 32.2. The van der Waals surface area contributed by atoms with E-state index in [1.807, 2.05) is 0 Å². The fraction of sp³-hybridized carbons (Fsp3) is 0.238. The molecule has 0 unspecified atom stereocenters. The predicted octanol–water partition coefficient (Wildman–Crippen LogP) is 4.14. The molecule has 3 rings (SSSR count). The second-order valence-corrected chi connectivity index (χ2v) is 9.32. The van der Waals surface area contributed by atoms with Crippen LogP contribution in [0.15, 0.2) is 58.8 Å². The zero-order chi connectivity index (χ0) is 22.4. The van der Waals surface area contributed by atoms with Crippen LogP contribution in [0.25, 0.3) is 0 Å². The number of ether oxygens (including phenoxy) is 1. The topological polar surface area (TPSA) is 88.6 Å². The third-order valence-electron chi connectivity index (χ3n) is 4.40. The summed E-state index contributed by atoms with van der Waals surface area (Å²) in [6, 6.07) is 11.7. The average molecular weight is 464 g/mol. The Kier molecular flexibility index (Phi) is 7.37. The van der Waals surface area contributed by atoms with E-state index < -0.39 is 15.9 Å². The second-order valence-electron chi connectivity index (χ2n) is 6.44. The quantitative estimate of drug-likeness (QED) is 0.515. The number of amides is 1. The molecule has 0 atom stereocenters. The van der Waals surface area contributed by atoms with E-state index in [0.717, 1.165) is 0 Å². The van der Waals surface area contributed by atoms with E-state index in [-0.39, 0.29) is 23.0 Å². The summed E-state index contributed by atoms with van der Waals surface area (Å²) in [5.41, 5.74) is 0.551.